The van der Waals surface area contributed by atoms with Gasteiger partial charge in [0.2, 0.25) is 11.8 Å². The first-order valence-electron chi connectivity index (χ1n) is 34.2. The molecule has 0 aromatic heterocycles. The lowest BCUT2D eigenvalue weighted by molar-refractivity contribution is -0.143. The summed E-state index contributed by atoms with van der Waals surface area (Å²) < 4.78 is 110. The molecule has 0 bridgehead atoms. The Morgan fingerprint density at radius 3 is 1.87 bits per heavy atom. The van der Waals surface area contributed by atoms with Gasteiger partial charge in [0.1, 0.15) is 24.8 Å². The molecular formula is C76H92Cl3F7N8O8. The zero-order chi connectivity index (χ0) is 70.7. The van der Waals surface area contributed by atoms with Crippen LogP contribution in [0.15, 0.2) is 146 Å². The van der Waals surface area contributed by atoms with Crippen LogP contribution in [-0.2, 0) is 48.9 Å². The standard InChI is InChI=1S/C76H89F7N8O8.3ClH/c1-84(37-15-6-5-10-23-68(92)86(3)45-46-88-40-32-63(33-41-88)91(72(96)97)66-22-14-12-20-64(66)54-17-8-7-9-18-54)62-30-24-55(25-31-62)70(94)87(4)39-16-38-85(2)69(93)51-98-67-49-56-19-11-13-21-65(56)73(67)34-42-89(43-35-73)44-36-74(58-26-28-61(77)29-27-58)52-90(53-99-74)71(95)57-47-59(75(78,79)80)50-60(48-57)76(81,82)83;;;/h7-9,11-14,17-22,24-31,47-48,50,63,67H,5-6,10,15-16,23,32-46,49,51-53H2,1-4H3,(H,96,97);3*1H/t67-,74-;;;/m0.../s1. The van der Waals surface area contributed by atoms with Crippen molar-refractivity contribution in [1.29, 1.82) is 0 Å². The SMILES string of the molecule is CN(CCN1CCC(N(C(=O)O)c2ccccc2-c2ccccc2)CC1)C(=O)CCCCCCN(C)c1ccc(C(=O)N(C)CCCN(C)C(=O)CO[C@H]2Cc3ccccc3C23CCN(CC[C@@]2(c4ccc(F)cc4)CN(C(=O)c4cc(C(F)(F)F)cc(C(F)(F)F)c4)CO2)CC3)cc1.Cl.Cl.Cl. The van der Waals surface area contributed by atoms with Gasteiger partial charge in [-0.2, -0.15) is 26.3 Å². The zero-order valence-electron chi connectivity index (χ0n) is 57.9. The van der Waals surface area contributed by atoms with Gasteiger partial charge in [-0.3, -0.25) is 24.1 Å². The maximum atomic E-state index is 14.3. The number of hydrogen-bond acceptors (Lipinski definition) is 10. The number of carbonyl (C=O) groups is 5. The fourth-order valence-electron chi connectivity index (χ4n) is 14.5. The lowest BCUT2D eigenvalue weighted by Crippen LogP contribution is -2.50. The number of likely N-dealkylation sites (N-methyl/N-ethyl adjacent to an activating group) is 2. The van der Waals surface area contributed by atoms with Gasteiger partial charge in [0.05, 0.1) is 29.5 Å². The number of ether oxygens (including phenoxy) is 2. The Morgan fingerprint density at radius 1 is 0.618 bits per heavy atom. The maximum absolute atomic E-state index is 14.3. The van der Waals surface area contributed by atoms with E-state index in [9.17, 15) is 59.8 Å². The van der Waals surface area contributed by atoms with Crippen molar-refractivity contribution in [3.8, 4) is 11.1 Å². The van der Waals surface area contributed by atoms with E-state index in [1.54, 1.807) is 23.9 Å². The van der Waals surface area contributed by atoms with Gasteiger partial charge in [-0.15, -0.1) is 37.2 Å². The van der Waals surface area contributed by atoms with Crippen LogP contribution in [0.3, 0.4) is 0 Å². The summed E-state index contributed by atoms with van der Waals surface area (Å²) in [4.78, 5) is 81.1. The Bertz CT molecular complexity index is 3720. The molecule has 0 saturated carbocycles. The van der Waals surface area contributed by atoms with Crippen LogP contribution in [-0.4, -0.2) is 190 Å². The Morgan fingerprint density at radius 2 is 1.22 bits per heavy atom. The van der Waals surface area contributed by atoms with Crippen molar-refractivity contribution in [3.05, 3.63) is 190 Å². The smallest absolute Gasteiger partial charge is 0.416 e. The van der Waals surface area contributed by atoms with E-state index in [4.69, 9.17) is 9.47 Å². The largest absolute Gasteiger partial charge is 0.465 e. The van der Waals surface area contributed by atoms with Crippen molar-refractivity contribution in [1.82, 2.24) is 29.4 Å². The average Bonchev–Trinajstić information content (AvgIpc) is 1.59. The number of rotatable bonds is 27. The highest BCUT2D eigenvalue weighted by Crippen LogP contribution is 2.49. The number of amides is 5. The number of benzene rings is 6. The third-order valence-electron chi connectivity index (χ3n) is 20.5. The number of para-hydroxylation sites is 1. The molecule has 10 rings (SSSR count). The number of anilines is 2. The van der Waals surface area contributed by atoms with Crippen LogP contribution in [0.2, 0.25) is 0 Å². The Labute approximate surface area is 611 Å². The molecule has 3 heterocycles. The van der Waals surface area contributed by atoms with E-state index in [2.05, 4.69) is 26.8 Å². The second kappa shape index (κ2) is 36.3. The highest BCUT2D eigenvalue weighted by Gasteiger charge is 2.50. The van der Waals surface area contributed by atoms with Gasteiger partial charge >= 0.3 is 18.4 Å². The van der Waals surface area contributed by atoms with Crippen LogP contribution in [0, 0.1) is 5.82 Å². The molecule has 1 aliphatic carbocycles. The lowest BCUT2D eigenvalue weighted by Gasteiger charge is -2.44. The summed E-state index contributed by atoms with van der Waals surface area (Å²) in [5.41, 5.74) is 1.22. The number of nitrogens with zero attached hydrogens (tertiary/aromatic N) is 8. The molecule has 3 saturated heterocycles. The minimum absolute atomic E-state index is 0. The summed E-state index contributed by atoms with van der Waals surface area (Å²) in [6.45, 7) is 5.33. The molecule has 3 aliphatic heterocycles. The molecule has 0 radical (unpaired) electrons. The van der Waals surface area contributed by atoms with Crippen molar-refractivity contribution in [3.63, 3.8) is 0 Å². The first-order chi connectivity index (χ1) is 47.3. The number of unbranched alkanes of at least 4 members (excludes halogenated alkanes) is 3. The van der Waals surface area contributed by atoms with Crippen molar-refractivity contribution in [2.45, 2.75) is 113 Å². The van der Waals surface area contributed by atoms with Crippen LogP contribution in [0.1, 0.15) is 119 Å². The van der Waals surface area contributed by atoms with Gasteiger partial charge in [0.15, 0.2) is 0 Å². The van der Waals surface area contributed by atoms with E-state index in [1.807, 2.05) is 110 Å². The second-order valence-electron chi connectivity index (χ2n) is 26.9. The van der Waals surface area contributed by atoms with Crippen molar-refractivity contribution in [2.75, 3.05) is 123 Å². The van der Waals surface area contributed by atoms with E-state index in [0.717, 1.165) is 84.7 Å². The fraction of sp³-hybridized carbons (Fsp3) is 0.461. The molecule has 102 heavy (non-hydrogen) atoms. The average molecular weight is 1480 g/mol. The summed E-state index contributed by atoms with van der Waals surface area (Å²) >= 11 is 0. The second-order valence-corrected chi connectivity index (χ2v) is 26.9. The van der Waals surface area contributed by atoms with Crippen LogP contribution in [0.25, 0.3) is 11.1 Å². The molecule has 4 aliphatic rings. The normalized spacial score (nSPS) is 17.6. The molecule has 3 fully saturated rings. The molecule has 0 unspecified atom stereocenters. The monoisotopic (exact) mass is 1480 g/mol. The van der Waals surface area contributed by atoms with Crippen LogP contribution in [0.4, 0.5) is 46.9 Å². The third kappa shape index (κ3) is 20.1. The van der Waals surface area contributed by atoms with Crippen molar-refractivity contribution >= 4 is 78.3 Å². The quantitative estimate of drug-likeness (QED) is 0.0388. The molecule has 2 atom stereocenters. The minimum atomic E-state index is -5.15. The van der Waals surface area contributed by atoms with Gasteiger partial charge in [-0.25, -0.2) is 9.18 Å². The van der Waals surface area contributed by atoms with Gasteiger partial charge in [-0.1, -0.05) is 97.8 Å². The maximum Gasteiger partial charge on any atom is 0.416 e. The van der Waals surface area contributed by atoms with Gasteiger partial charge < -0.3 is 48.9 Å². The fourth-order valence-corrected chi connectivity index (χ4v) is 14.5. The number of carbonyl (C=O) groups excluding carboxylic acids is 4. The van der Waals surface area contributed by atoms with E-state index in [0.29, 0.717) is 113 Å². The molecule has 5 amide bonds. The first kappa shape index (κ1) is 81.8. The molecule has 16 nitrogen and oxygen atoms in total. The molecule has 6 aromatic rings. The summed E-state index contributed by atoms with van der Waals surface area (Å²) in [5, 5.41) is 10.4. The molecular weight excluding hydrogens is 1390 g/mol. The summed E-state index contributed by atoms with van der Waals surface area (Å²) in [5.74, 6) is -1.80. The van der Waals surface area contributed by atoms with E-state index in [-0.39, 0.29) is 92.7 Å². The van der Waals surface area contributed by atoms with Gasteiger partial charge in [-0.05, 0) is 154 Å². The molecule has 554 valence electrons. The Kier molecular flexibility index (Phi) is 29.1. The first-order valence-corrected chi connectivity index (χ1v) is 34.2. The molecule has 1 N–H and O–H groups in total. The molecule has 26 heteroatoms. The minimum Gasteiger partial charge on any atom is -0.465 e. The number of fused-ring (bicyclic) bond motifs is 2. The number of carboxylic acid groups (broad SMARTS) is 1. The van der Waals surface area contributed by atoms with E-state index >= 15 is 0 Å². The van der Waals surface area contributed by atoms with Gasteiger partial charge in [0.25, 0.3) is 11.8 Å². The Balaban J connectivity index is 0.00000486. The van der Waals surface area contributed by atoms with Crippen LogP contribution in [0.5, 0.6) is 0 Å². The third-order valence-corrected chi connectivity index (χ3v) is 20.5. The Hall–Kier alpha value is -7.51. The highest BCUT2D eigenvalue weighted by molar-refractivity contribution is 5.96. The van der Waals surface area contributed by atoms with E-state index < -0.39 is 64.6 Å². The predicted molar refractivity (Wildman–Crippen MR) is 387 cm³/mol. The number of halogens is 10. The zero-order valence-corrected chi connectivity index (χ0v) is 60.4. The number of piperidine rings is 2. The highest BCUT2D eigenvalue weighted by atomic mass is 35.5. The number of likely N-dealkylation sites (tertiary alicyclic amines) is 2. The summed E-state index contributed by atoms with van der Waals surface area (Å²) in [6.07, 6.45) is -3.24. The predicted octanol–water partition coefficient (Wildman–Crippen LogP) is 14.6. The number of alkyl halides is 6. The van der Waals surface area contributed by atoms with Gasteiger partial charge in [0, 0.05) is 121 Å². The van der Waals surface area contributed by atoms with Crippen molar-refractivity contribution < 1.29 is 69.3 Å². The van der Waals surface area contributed by atoms with Crippen molar-refractivity contribution in [2.24, 2.45) is 0 Å². The summed E-state index contributed by atoms with van der Waals surface area (Å²) in [6, 6.07) is 39.3. The molecule has 1 spiro atoms. The van der Waals surface area contributed by atoms with Crippen LogP contribution >= 0.6 is 37.2 Å². The summed E-state index contributed by atoms with van der Waals surface area (Å²) in [7, 11) is 7.35. The van der Waals surface area contributed by atoms with Crippen LogP contribution < -0.4 is 9.80 Å². The van der Waals surface area contributed by atoms with E-state index in [1.165, 1.54) is 29.2 Å². The number of hydrogen-bond donors (Lipinski definition) is 1. The topological polar surface area (TPSA) is 150 Å². The molecule has 6 aromatic carbocycles. The lowest BCUT2D eigenvalue weighted by atomic mass is 9.72.